The number of ether oxygens (including phenoxy) is 1. The molecule has 0 spiro atoms. The lowest BCUT2D eigenvalue weighted by molar-refractivity contribution is -0.00459. The van der Waals surface area contributed by atoms with E-state index < -0.39 is 5.60 Å². The van der Waals surface area contributed by atoms with Crippen LogP contribution in [0.4, 0.5) is 0 Å². The lowest BCUT2D eigenvalue weighted by Gasteiger charge is -2.17. The fourth-order valence-corrected chi connectivity index (χ4v) is 1.17. The zero-order valence-corrected chi connectivity index (χ0v) is 9.41. The highest BCUT2D eigenvalue weighted by molar-refractivity contribution is 4.93. The van der Waals surface area contributed by atoms with Gasteiger partial charge in [0.15, 0.2) is 0 Å². The fraction of sp³-hybridized carbons (Fsp3) is 0.800. The number of rotatable bonds is 5. The van der Waals surface area contributed by atoms with Crippen LogP contribution in [0.3, 0.4) is 0 Å². The van der Waals surface area contributed by atoms with Crippen LogP contribution in [-0.4, -0.2) is 23.3 Å². The summed E-state index contributed by atoms with van der Waals surface area (Å²) in [6.45, 7) is 4.45. The van der Waals surface area contributed by atoms with Crippen molar-refractivity contribution in [3.05, 3.63) is 11.8 Å². The van der Waals surface area contributed by atoms with Crippen LogP contribution in [0.25, 0.3) is 0 Å². The van der Waals surface area contributed by atoms with Gasteiger partial charge in [0, 0.05) is 13.2 Å². The standard InChI is InChI=1S/C10H17N3O2/c1-10(2,14-3)9-13-12-8(15-9)6-11-7-4-5-7/h7,11H,4-6H2,1-3H3. The summed E-state index contributed by atoms with van der Waals surface area (Å²) in [6.07, 6.45) is 2.51. The normalized spacial score (nSPS) is 17.0. The van der Waals surface area contributed by atoms with Crippen LogP contribution in [-0.2, 0) is 16.9 Å². The van der Waals surface area contributed by atoms with Crippen LogP contribution in [0.5, 0.6) is 0 Å². The van der Waals surface area contributed by atoms with Gasteiger partial charge in [-0.25, -0.2) is 0 Å². The topological polar surface area (TPSA) is 60.2 Å². The van der Waals surface area contributed by atoms with Gasteiger partial charge in [0.1, 0.15) is 5.60 Å². The maximum atomic E-state index is 5.51. The van der Waals surface area contributed by atoms with Gasteiger partial charge in [-0.15, -0.1) is 10.2 Å². The number of nitrogens with one attached hydrogen (secondary N) is 1. The van der Waals surface area contributed by atoms with E-state index in [1.165, 1.54) is 12.8 Å². The Morgan fingerprint density at radius 2 is 2.20 bits per heavy atom. The van der Waals surface area contributed by atoms with Gasteiger partial charge < -0.3 is 14.5 Å². The Morgan fingerprint density at radius 1 is 1.47 bits per heavy atom. The number of hydrogen-bond acceptors (Lipinski definition) is 5. The van der Waals surface area contributed by atoms with E-state index in [1.807, 2.05) is 13.8 Å². The minimum Gasteiger partial charge on any atom is -0.421 e. The van der Waals surface area contributed by atoms with E-state index in [2.05, 4.69) is 15.5 Å². The molecule has 15 heavy (non-hydrogen) atoms. The summed E-state index contributed by atoms with van der Waals surface area (Å²) in [5.74, 6) is 1.15. The molecule has 1 aromatic rings. The third-order valence-corrected chi connectivity index (χ3v) is 2.61. The first-order chi connectivity index (χ1) is 7.12. The summed E-state index contributed by atoms with van der Waals surface area (Å²) >= 11 is 0. The zero-order valence-electron chi connectivity index (χ0n) is 9.41. The van der Waals surface area contributed by atoms with Crippen molar-refractivity contribution in [3.63, 3.8) is 0 Å². The zero-order chi connectivity index (χ0) is 10.9. The first-order valence-corrected chi connectivity index (χ1v) is 5.23. The van der Waals surface area contributed by atoms with Crippen LogP contribution in [0.15, 0.2) is 4.42 Å². The van der Waals surface area contributed by atoms with Gasteiger partial charge in [-0.3, -0.25) is 0 Å². The molecule has 2 rings (SSSR count). The highest BCUT2D eigenvalue weighted by Crippen LogP contribution is 2.23. The van der Waals surface area contributed by atoms with E-state index in [9.17, 15) is 0 Å². The Hall–Kier alpha value is -0.940. The molecule has 1 heterocycles. The molecule has 1 aliphatic carbocycles. The molecule has 0 amide bonds. The number of methoxy groups -OCH3 is 1. The van der Waals surface area contributed by atoms with Crippen LogP contribution in [0.1, 0.15) is 38.5 Å². The first-order valence-electron chi connectivity index (χ1n) is 5.23. The molecule has 0 bridgehead atoms. The van der Waals surface area contributed by atoms with Crippen molar-refractivity contribution in [2.75, 3.05) is 7.11 Å². The predicted molar refractivity (Wildman–Crippen MR) is 54.2 cm³/mol. The molecule has 0 aliphatic heterocycles. The van der Waals surface area contributed by atoms with Crippen molar-refractivity contribution >= 4 is 0 Å². The lowest BCUT2D eigenvalue weighted by Crippen LogP contribution is -2.19. The highest BCUT2D eigenvalue weighted by Gasteiger charge is 2.27. The quantitative estimate of drug-likeness (QED) is 0.793. The molecule has 5 nitrogen and oxygen atoms in total. The molecular weight excluding hydrogens is 194 g/mol. The molecule has 1 N–H and O–H groups in total. The maximum Gasteiger partial charge on any atom is 0.247 e. The Bertz CT molecular complexity index is 331. The van der Waals surface area contributed by atoms with Crippen molar-refractivity contribution in [2.24, 2.45) is 0 Å². The van der Waals surface area contributed by atoms with Gasteiger partial charge in [-0.2, -0.15) is 0 Å². The van der Waals surface area contributed by atoms with Crippen molar-refractivity contribution in [1.29, 1.82) is 0 Å². The van der Waals surface area contributed by atoms with Crippen LogP contribution in [0, 0.1) is 0 Å². The Balaban J connectivity index is 1.96. The van der Waals surface area contributed by atoms with Gasteiger partial charge >= 0.3 is 0 Å². The summed E-state index contributed by atoms with van der Waals surface area (Å²) in [5, 5.41) is 11.3. The van der Waals surface area contributed by atoms with Crippen molar-refractivity contribution in [2.45, 2.75) is 44.9 Å². The van der Waals surface area contributed by atoms with Gasteiger partial charge in [0.2, 0.25) is 11.8 Å². The molecule has 1 aromatic heterocycles. The first kappa shape index (κ1) is 10.6. The highest BCUT2D eigenvalue weighted by atomic mass is 16.5. The smallest absolute Gasteiger partial charge is 0.247 e. The van der Waals surface area contributed by atoms with E-state index >= 15 is 0 Å². The molecule has 1 saturated carbocycles. The van der Waals surface area contributed by atoms with E-state index in [0.717, 1.165) is 0 Å². The van der Waals surface area contributed by atoms with Gasteiger partial charge in [-0.05, 0) is 26.7 Å². The molecule has 0 aromatic carbocycles. The second-order valence-corrected chi connectivity index (χ2v) is 4.37. The molecule has 0 saturated heterocycles. The molecule has 5 heteroatoms. The minimum absolute atomic E-state index is 0.509. The molecular formula is C10H17N3O2. The predicted octanol–water partition coefficient (Wildman–Crippen LogP) is 1.20. The maximum absolute atomic E-state index is 5.51. The van der Waals surface area contributed by atoms with E-state index in [0.29, 0.717) is 24.4 Å². The summed E-state index contributed by atoms with van der Waals surface area (Å²) in [5.41, 5.74) is -0.509. The molecule has 1 fully saturated rings. The number of nitrogens with zero attached hydrogens (tertiary/aromatic N) is 2. The Kier molecular flexibility index (Phi) is 2.75. The average Bonchev–Trinajstić information content (AvgIpc) is 2.92. The Labute approximate surface area is 89.2 Å². The van der Waals surface area contributed by atoms with E-state index in [-0.39, 0.29) is 0 Å². The third kappa shape index (κ3) is 2.54. The van der Waals surface area contributed by atoms with Gasteiger partial charge in [0.25, 0.3) is 0 Å². The van der Waals surface area contributed by atoms with Crippen molar-refractivity contribution in [3.8, 4) is 0 Å². The second-order valence-electron chi connectivity index (χ2n) is 4.37. The largest absolute Gasteiger partial charge is 0.421 e. The Morgan fingerprint density at radius 3 is 2.80 bits per heavy atom. The number of aromatic nitrogens is 2. The minimum atomic E-state index is -0.509. The van der Waals surface area contributed by atoms with Gasteiger partial charge in [0.05, 0.1) is 6.54 Å². The average molecular weight is 211 g/mol. The molecule has 0 radical (unpaired) electrons. The molecule has 84 valence electrons. The summed E-state index contributed by atoms with van der Waals surface area (Å²) < 4.78 is 10.8. The van der Waals surface area contributed by atoms with E-state index in [4.69, 9.17) is 9.15 Å². The molecule has 0 unspecified atom stereocenters. The summed E-state index contributed by atoms with van der Waals surface area (Å²) in [6, 6.07) is 0.649. The van der Waals surface area contributed by atoms with Crippen molar-refractivity contribution in [1.82, 2.24) is 15.5 Å². The third-order valence-electron chi connectivity index (χ3n) is 2.61. The molecule has 1 aliphatic rings. The van der Waals surface area contributed by atoms with Crippen LogP contribution >= 0.6 is 0 Å². The SMILES string of the molecule is COC(C)(C)c1nnc(CNC2CC2)o1. The van der Waals surface area contributed by atoms with Crippen molar-refractivity contribution < 1.29 is 9.15 Å². The van der Waals surface area contributed by atoms with Gasteiger partial charge in [-0.1, -0.05) is 0 Å². The number of hydrogen-bond donors (Lipinski definition) is 1. The van der Waals surface area contributed by atoms with Crippen LogP contribution in [0.2, 0.25) is 0 Å². The fourth-order valence-electron chi connectivity index (χ4n) is 1.17. The lowest BCUT2D eigenvalue weighted by atomic mass is 10.1. The second kappa shape index (κ2) is 3.90. The van der Waals surface area contributed by atoms with E-state index in [1.54, 1.807) is 7.11 Å². The summed E-state index contributed by atoms with van der Waals surface area (Å²) in [4.78, 5) is 0. The monoisotopic (exact) mass is 211 g/mol. The van der Waals surface area contributed by atoms with Crippen LogP contribution < -0.4 is 5.32 Å². The molecule has 0 atom stereocenters. The summed E-state index contributed by atoms with van der Waals surface area (Å²) in [7, 11) is 1.63.